The topological polar surface area (TPSA) is 37.8 Å². The molecule has 82 valence electrons. The molecule has 1 heterocycles. The summed E-state index contributed by atoms with van der Waals surface area (Å²) in [5.74, 6) is 0.692. The van der Waals surface area contributed by atoms with Crippen LogP contribution in [0.1, 0.15) is 20.3 Å². The molecule has 5 heteroatoms. The quantitative estimate of drug-likeness (QED) is 0.666. The van der Waals surface area contributed by atoms with Gasteiger partial charge in [0.25, 0.3) is 0 Å². The fraction of sp³-hybridized carbons (Fsp3) is 0.600. The third-order valence-corrected chi connectivity index (χ3v) is 4.37. The monoisotopic (exact) mass is 337 g/mol. The summed E-state index contributed by atoms with van der Waals surface area (Å²) >= 11 is 8.33. The number of rotatable bonds is 2. The Labute approximate surface area is 108 Å². The fourth-order valence-electron chi connectivity index (χ4n) is 1.66. The van der Waals surface area contributed by atoms with E-state index in [4.69, 9.17) is 11.6 Å². The molecule has 0 spiro atoms. The Morgan fingerprint density at radius 3 is 2.53 bits per heavy atom. The molecule has 2 unspecified atom stereocenters. The van der Waals surface area contributed by atoms with Crippen LogP contribution in [0.25, 0.3) is 0 Å². The normalized spacial score (nSPS) is 28.3. The van der Waals surface area contributed by atoms with Gasteiger partial charge < -0.3 is 5.32 Å². The van der Waals surface area contributed by atoms with Crippen LogP contribution in [0, 0.1) is 8.99 Å². The first-order valence-corrected chi connectivity index (χ1v) is 6.40. The second kappa shape index (κ2) is 4.05. The Morgan fingerprint density at radius 2 is 2.07 bits per heavy atom. The summed E-state index contributed by atoms with van der Waals surface area (Å²) in [5.41, 5.74) is 0.119. The van der Waals surface area contributed by atoms with Crippen LogP contribution in [0.2, 0.25) is 0 Å². The first-order valence-electron chi connectivity index (χ1n) is 4.88. The van der Waals surface area contributed by atoms with Crippen LogP contribution in [0.3, 0.4) is 0 Å². The maximum Gasteiger partial charge on any atom is 0.222 e. The number of anilines is 1. The number of hydrogen-bond donors (Lipinski definition) is 1. The van der Waals surface area contributed by atoms with Crippen LogP contribution >= 0.6 is 34.2 Å². The summed E-state index contributed by atoms with van der Waals surface area (Å²) in [4.78, 5) is 8.44. The van der Waals surface area contributed by atoms with Gasteiger partial charge in [0.05, 0.1) is 0 Å². The van der Waals surface area contributed by atoms with E-state index in [1.165, 1.54) is 0 Å². The molecule has 2 rings (SSSR count). The van der Waals surface area contributed by atoms with Crippen LogP contribution in [0.15, 0.2) is 12.4 Å². The van der Waals surface area contributed by atoms with Gasteiger partial charge in [0.2, 0.25) is 5.95 Å². The van der Waals surface area contributed by atoms with E-state index in [-0.39, 0.29) is 10.8 Å². The lowest BCUT2D eigenvalue weighted by atomic mass is 9.67. The van der Waals surface area contributed by atoms with E-state index in [9.17, 15) is 0 Å². The van der Waals surface area contributed by atoms with E-state index in [1.54, 1.807) is 12.4 Å². The van der Waals surface area contributed by atoms with Crippen molar-refractivity contribution < 1.29 is 0 Å². The van der Waals surface area contributed by atoms with E-state index < -0.39 is 0 Å². The molecular weight excluding hydrogens is 324 g/mol. The molecule has 2 atom stereocenters. The van der Waals surface area contributed by atoms with Gasteiger partial charge in [-0.25, -0.2) is 9.97 Å². The van der Waals surface area contributed by atoms with Crippen molar-refractivity contribution in [1.29, 1.82) is 0 Å². The number of nitrogens with zero attached hydrogens (tertiary/aromatic N) is 2. The molecule has 1 fully saturated rings. The molecule has 0 amide bonds. The van der Waals surface area contributed by atoms with Crippen molar-refractivity contribution >= 4 is 40.1 Å². The average Bonchev–Trinajstić information content (AvgIpc) is 2.21. The van der Waals surface area contributed by atoms with Crippen LogP contribution in [-0.2, 0) is 0 Å². The van der Waals surface area contributed by atoms with Gasteiger partial charge in [-0.2, -0.15) is 0 Å². The van der Waals surface area contributed by atoms with E-state index in [0.29, 0.717) is 12.0 Å². The molecule has 0 aromatic carbocycles. The molecule has 1 aromatic heterocycles. The highest BCUT2D eigenvalue weighted by atomic mass is 127. The SMILES string of the molecule is CC1(C)C(Cl)CC1Nc1ncc(I)cn1. The van der Waals surface area contributed by atoms with Crippen molar-refractivity contribution in [3.05, 3.63) is 16.0 Å². The van der Waals surface area contributed by atoms with Crippen LogP contribution in [0.5, 0.6) is 0 Å². The number of alkyl halides is 1. The Morgan fingerprint density at radius 1 is 1.47 bits per heavy atom. The second-order valence-corrected chi connectivity index (χ2v) is 6.22. The minimum Gasteiger partial charge on any atom is -0.351 e. The van der Waals surface area contributed by atoms with E-state index >= 15 is 0 Å². The molecule has 1 aromatic rings. The van der Waals surface area contributed by atoms with Gasteiger partial charge in [-0.3, -0.25) is 0 Å². The van der Waals surface area contributed by atoms with E-state index in [1.807, 2.05) is 0 Å². The molecule has 0 bridgehead atoms. The lowest BCUT2D eigenvalue weighted by Crippen LogP contribution is -2.54. The molecule has 1 saturated carbocycles. The van der Waals surface area contributed by atoms with Crippen molar-refractivity contribution in [2.75, 3.05) is 5.32 Å². The second-order valence-electron chi connectivity index (χ2n) is 4.45. The third-order valence-electron chi connectivity index (χ3n) is 3.07. The molecular formula is C10H13ClIN3. The Kier molecular flexibility index (Phi) is 3.07. The minimum absolute atomic E-state index is 0.119. The van der Waals surface area contributed by atoms with Crippen LogP contribution in [-0.4, -0.2) is 21.4 Å². The van der Waals surface area contributed by atoms with Crippen molar-refractivity contribution in [2.24, 2.45) is 5.41 Å². The largest absolute Gasteiger partial charge is 0.351 e. The van der Waals surface area contributed by atoms with Gasteiger partial charge in [0.1, 0.15) is 0 Å². The zero-order chi connectivity index (χ0) is 11.1. The zero-order valence-corrected chi connectivity index (χ0v) is 11.6. The lowest BCUT2D eigenvalue weighted by Gasteiger charge is -2.49. The summed E-state index contributed by atoms with van der Waals surface area (Å²) in [5, 5.41) is 3.57. The standard InChI is InChI=1S/C10H13ClIN3/c1-10(2)7(11)3-8(10)15-9-13-4-6(12)5-14-9/h4-5,7-8H,3H2,1-2H3,(H,13,14,15). The summed E-state index contributed by atoms with van der Waals surface area (Å²) < 4.78 is 1.04. The van der Waals surface area contributed by atoms with Gasteiger partial charge >= 0.3 is 0 Å². The summed E-state index contributed by atoms with van der Waals surface area (Å²) in [6, 6.07) is 0.375. The predicted octanol–water partition coefficient (Wildman–Crippen LogP) is 2.90. The van der Waals surface area contributed by atoms with Gasteiger partial charge in [0.15, 0.2) is 0 Å². The minimum atomic E-state index is 0.119. The summed E-state index contributed by atoms with van der Waals surface area (Å²) in [6.45, 7) is 4.33. The molecule has 1 aliphatic carbocycles. The number of aromatic nitrogens is 2. The van der Waals surface area contributed by atoms with Crippen LogP contribution in [0.4, 0.5) is 5.95 Å². The van der Waals surface area contributed by atoms with Crippen molar-refractivity contribution in [3.8, 4) is 0 Å². The molecule has 1 N–H and O–H groups in total. The average molecular weight is 338 g/mol. The van der Waals surface area contributed by atoms with Crippen molar-refractivity contribution in [3.63, 3.8) is 0 Å². The Bertz CT molecular complexity index is 352. The summed E-state index contributed by atoms with van der Waals surface area (Å²) in [7, 11) is 0. The summed E-state index contributed by atoms with van der Waals surface area (Å²) in [6.07, 6.45) is 4.59. The molecule has 3 nitrogen and oxygen atoms in total. The number of nitrogens with one attached hydrogen (secondary N) is 1. The van der Waals surface area contributed by atoms with Gasteiger partial charge in [0, 0.05) is 32.8 Å². The Hall–Kier alpha value is -0.100. The predicted molar refractivity (Wildman–Crippen MR) is 70.2 cm³/mol. The highest BCUT2D eigenvalue weighted by Crippen LogP contribution is 2.45. The Balaban J connectivity index is 2.02. The fourth-order valence-corrected chi connectivity index (χ4v) is 2.27. The smallest absolute Gasteiger partial charge is 0.222 e. The van der Waals surface area contributed by atoms with Crippen LogP contribution < -0.4 is 5.32 Å². The molecule has 0 aliphatic heterocycles. The molecule has 15 heavy (non-hydrogen) atoms. The highest BCUT2D eigenvalue weighted by Gasteiger charge is 2.47. The van der Waals surface area contributed by atoms with E-state index in [0.717, 1.165) is 9.99 Å². The number of halogens is 2. The first kappa shape index (κ1) is 11.4. The van der Waals surface area contributed by atoms with E-state index in [2.05, 4.69) is 51.7 Å². The number of hydrogen-bond acceptors (Lipinski definition) is 3. The van der Waals surface area contributed by atoms with Gasteiger partial charge in [-0.1, -0.05) is 13.8 Å². The van der Waals surface area contributed by atoms with Crippen molar-refractivity contribution in [1.82, 2.24) is 9.97 Å². The lowest BCUT2D eigenvalue weighted by molar-refractivity contribution is 0.167. The molecule has 1 aliphatic rings. The highest BCUT2D eigenvalue weighted by molar-refractivity contribution is 14.1. The molecule has 0 saturated heterocycles. The van der Waals surface area contributed by atoms with Crippen molar-refractivity contribution in [2.45, 2.75) is 31.7 Å². The van der Waals surface area contributed by atoms with Gasteiger partial charge in [-0.05, 0) is 29.0 Å². The molecule has 0 radical (unpaired) electrons. The van der Waals surface area contributed by atoms with Gasteiger partial charge in [-0.15, -0.1) is 11.6 Å². The maximum atomic E-state index is 6.14. The third kappa shape index (κ3) is 2.20. The first-order chi connectivity index (χ1) is 7.00. The maximum absolute atomic E-state index is 6.14. The zero-order valence-electron chi connectivity index (χ0n) is 8.67.